The van der Waals surface area contributed by atoms with Crippen LogP contribution in [0.3, 0.4) is 0 Å². The molecule has 2 aromatic rings. The Hall–Kier alpha value is -2.54. The highest BCUT2D eigenvalue weighted by molar-refractivity contribution is 7.14. The summed E-state index contributed by atoms with van der Waals surface area (Å²) in [5.74, 6) is 0.531. The number of esters is 1. The molecule has 0 spiro atoms. The number of amides is 1. The van der Waals surface area contributed by atoms with Gasteiger partial charge in [-0.2, -0.15) is 0 Å². The molecule has 1 aromatic heterocycles. The van der Waals surface area contributed by atoms with Crippen molar-refractivity contribution in [1.82, 2.24) is 5.32 Å². The summed E-state index contributed by atoms with van der Waals surface area (Å²) in [4.78, 5) is 25.7. The Balaban J connectivity index is 1.77. The lowest BCUT2D eigenvalue weighted by Crippen LogP contribution is -2.30. The van der Waals surface area contributed by atoms with Crippen molar-refractivity contribution >= 4 is 23.2 Å². The van der Waals surface area contributed by atoms with Crippen LogP contribution < -0.4 is 14.8 Å². The quantitative estimate of drug-likeness (QED) is 0.612. The van der Waals surface area contributed by atoms with Gasteiger partial charge in [-0.1, -0.05) is 19.4 Å². The highest BCUT2D eigenvalue weighted by Crippen LogP contribution is 2.27. The summed E-state index contributed by atoms with van der Waals surface area (Å²) in [6.07, 6.45) is 2.59. The van der Waals surface area contributed by atoms with Gasteiger partial charge in [-0.05, 0) is 49.1 Å². The molecule has 2 rings (SSSR count). The first-order valence-corrected chi connectivity index (χ1v) is 10.0. The number of ether oxygens (including phenoxy) is 3. The van der Waals surface area contributed by atoms with Gasteiger partial charge in [0.05, 0.1) is 14.2 Å². The molecule has 0 atom stereocenters. The van der Waals surface area contributed by atoms with E-state index in [4.69, 9.17) is 14.2 Å². The molecule has 0 aliphatic heterocycles. The largest absolute Gasteiger partial charge is 0.493 e. The van der Waals surface area contributed by atoms with Crippen LogP contribution in [0, 0.1) is 6.92 Å². The zero-order valence-corrected chi connectivity index (χ0v) is 17.6. The van der Waals surface area contributed by atoms with Gasteiger partial charge >= 0.3 is 5.97 Å². The molecule has 152 valence electrons. The van der Waals surface area contributed by atoms with Crippen LogP contribution in [0.15, 0.2) is 24.3 Å². The molecule has 0 unspecified atom stereocenters. The summed E-state index contributed by atoms with van der Waals surface area (Å²) < 4.78 is 15.6. The minimum atomic E-state index is -0.453. The maximum atomic E-state index is 12.1. The summed E-state index contributed by atoms with van der Waals surface area (Å²) in [5, 5.41) is 2.76. The third-order valence-corrected chi connectivity index (χ3v) is 5.33. The molecule has 7 heteroatoms. The molecule has 0 radical (unpaired) electrons. The van der Waals surface area contributed by atoms with E-state index < -0.39 is 5.97 Å². The summed E-state index contributed by atoms with van der Waals surface area (Å²) in [7, 11) is 3.17. The van der Waals surface area contributed by atoms with Crippen LogP contribution in [0.25, 0.3) is 0 Å². The predicted octanol–water partition coefficient (Wildman–Crippen LogP) is 3.54. The van der Waals surface area contributed by atoms with Gasteiger partial charge in [0.25, 0.3) is 5.91 Å². The van der Waals surface area contributed by atoms with Gasteiger partial charge in [-0.25, -0.2) is 4.79 Å². The summed E-state index contributed by atoms with van der Waals surface area (Å²) in [6.45, 7) is 4.24. The molecule has 1 aromatic carbocycles. The van der Waals surface area contributed by atoms with Crippen LogP contribution in [-0.4, -0.2) is 39.2 Å². The number of hydrogen-bond donors (Lipinski definition) is 1. The molecule has 28 heavy (non-hydrogen) atoms. The van der Waals surface area contributed by atoms with Crippen LogP contribution in [0.2, 0.25) is 0 Å². The number of hydrogen-bond acceptors (Lipinski definition) is 6. The number of nitrogens with one attached hydrogen (secondary N) is 1. The Bertz CT molecular complexity index is 815. The molecule has 1 heterocycles. The van der Waals surface area contributed by atoms with Crippen molar-refractivity contribution in [2.45, 2.75) is 33.1 Å². The molecule has 1 N–H and O–H groups in total. The molecule has 0 saturated heterocycles. The SMILES string of the molecule is CCCc1cc(C(=O)OCC(=O)NCCc2ccc(OC)c(OC)c2)sc1C. The Morgan fingerprint density at radius 1 is 1.07 bits per heavy atom. The maximum Gasteiger partial charge on any atom is 0.348 e. The minimum absolute atomic E-state index is 0.287. The number of rotatable bonds is 10. The van der Waals surface area contributed by atoms with E-state index in [0.29, 0.717) is 29.3 Å². The van der Waals surface area contributed by atoms with E-state index >= 15 is 0 Å². The van der Waals surface area contributed by atoms with Gasteiger partial charge in [0.2, 0.25) is 0 Å². The summed E-state index contributed by atoms with van der Waals surface area (Å²) >= 11 is 1.41. The molecule has 0 fully saturated rings. The van der Waals surface area contributed by atoms with E-state index in [1.165, 1.54) is 16.9 Å². The molecular weight excluding hydrogens is 378 g/mol. The molecule has 0 aliphatic rings. The van der Waals surface area contributed by atoms with Crippen molar-refractivity contribution in [2.24, 2.45) is 0 Å². The van der Waals surface area contributed by atoms with Crippen LogP contribution in [0.1, 0.15) is 39.0 Å². The topological polar surface area (TPSA) is 73.9 Å². The number of benzene rings is 1. The lowest BCUT2D eigenvalue weighted by Gasteiger charge is -2.10. The first-order valence-electron chi connectivity index (χ1n) is 9.22. The van der Waals surface area contributed by atoms with Crippen LogP contribution in [-0.2, 0) is 22.4 Å². The van der Waals surface area contributed by atoms with Gasteiger partial charge in [0.1, 0.15) is 4.88 Å². The second kappa shape index (κ2) is 10.7. The second-order valence-corrected chi connectivity index (χ2v) is 7.56. The van der Waals surface area contributed by atoms with E-state index in [9.17, 15) is 9.59 Å². The van der Waals surface area contributed by atoms with Crippen molar-refractivity contribution in [3.8, 4) is 11.5 Å². The predicted molar refractivity (Wildman–Crippen MR) is 110 cm³/mol. The van der Waals surface area contributed by atoms with Crippen molar-refractivity contribution in [3.05, 3.63) is 45.1 Å². The third kappa shape index (κ3) is 5.99. The van der Waals surface area contributed by atoms with Crippen LogP contribution in [0.4, 0.5) is 0 Å². The lowest BCUT2D eigenvalue weighted by atomic mass is 10.1. The van der Waals surface area contributed by atoms with Gasteiger partial charge in [0.15, 0.2) is 18.1 Å². The Labute approximate surface area is 169 Å². The number of carbonyl (C=O) groups is 2. The lowest BCUT2D eigenvalue weighted by molar-refractivity contribution is -0.124. The number of thiophene rings is 1. The van der Waals surface area contributed by atoms with Gasteiger partial charge in [-0.15, -0.1) is 11.3 Å². The van der Waals surface area contributed by atoms with E-state index in [1.54, 1.807) is 14.2 Å². The number of methoxy groups -OCH3 is 2. The Morgan fingerprint density at radius 3 is 2.50 bits per heavy atom. The van der Waals surface area contributed by atoms with E-state index in [2.05, 4.69) is 12.2 Å². The molecule has 0 bridgehead atoms. The average molecular weight is 406 g/mol. The first kappa shape index (κ1) is 21.8. The second-order valence-electron chi connectivity index (χ2n) is 6.31. The highest BCUT2D eigenvalue weighted by Gasteiger charge is 2.15. The smallest absolute Gasteiger partial charge is 0.348 e. The van der Waals surface area contributed by atoms with Crippen LogP contribution in [0.5, 0.6) is 11.5 Å². The van der Waals surface area contributed by atoms with E-state index in [1.807, 2.05) is 31.2 Å². The van der Waals surface area contributed by atoms with Gasteiger partial charge < -0.3 is 19.5 Å². The first-order chi connectivity index (χ1) is 13.5. The number of carbonyl (C=O) groups excluding carboxylic acids is 2. The average Bonchev–Trinajstić information content (AvgIpc) is 3.07. The molecule has 6 nitrogen and oxygen atoms in total. The zero-order valence-electron chi connectivity index (χ0n) is 16.8. The van der Waals surface area contributed by atoms with Crippen molar-refractivity contribution in [2.75, 3.05) is 27.4 Å². The standard InChI is InChI=1S/C21H27NO5S/c1-5-6-16-12-19(28-14(16)2)21(24)27-13-20(23)22-10-9-15-7-8-17(25-3)18(11-15)26-4/h7-8,11-12H,5-6,9-10,13H2,1-4H3,(H,22,23). The normalized spacial score (nSPS) is 10.4. The fraction of sp³-hybridized carbons (Fsp3) is 0.429. The Morgan fingerprint density at radius 2 is 1.82 bits per heavy atom. The molecular formula is C21H27NO5S. The van der Waals surface area contributed by atoms with Crippen LogP contribution >= 0.6 is 11.3 Å². The van der Waals surface area contributed by atoms with Crippen molar-refractivity contribution in [3.63, 3.8) is 0 Å². The van der Waals surface area contributed by atoms with E-state index in [-0.39, 0.29) is 12.5 Å². The van der Waals surface area contributed by atoms with Crippen molar-refractivity contribution in [1.29, 1.82) is 0 Å². The third-order valence-electron chi connectivity index (χ3n) is 4.26. The minimum Gasteiger partial charge on any atom is -0.493 e. The van der Waals surface area contributed by atoms with E-state index in [0.717, 1.165) is 23.3 Å². The van der Waals surface area contributed by atoms with Crippen molar-refractivity contribution < 1.29 is 23.8 Å². The summed E-state index contributed by atoms with van der Waals surface area (Å²) in [6, 6.07) is 7.48. The zero-order chi connectivity index (χ0) is 20.5. The Kier molecular flexibility index (Phi) is 8.32. The fourth-order valence-corrected chi connectivity index (χ4v) is 3.74. The molecule has 1 amide bonds. The van der Waals surface area contributed by atoms with Gasteiger partial charge in [-0.3, -0.25) is 4.79 Å². The molecule has 0 saturated carbocycles. The number of aryl methyl sites for hydroxylation is 2. The monoisotopic (exact) mass is 405 g/mol. The maximum absolute atomic E-state index is 12.1. The fourth-order valence-electron chi connectivity index (χ4n) is 2.77. The molecule has 0 aliphatic carbocycles. The highest BCUT2D eigenvalue weighted by atomic mass is 32.1. The summed E-state index contributed by atoms with van der Waals surface area (Å²) in [5.41, 5.74) is 2.17. The van der Waals surface area contributed by atoms with Gasteiger partial charge in [0, 0.05) is 11.4 Å².